The van der Waals surface area contributed by atoms with Crippen molar-refractivity contribution in [3.8, 4) is 6.07 Å². The summed E-state index contributed by atoms with van der Waals surface area (Å²) < 4.78 is 0. The Labute approximate surface area is 116 Å². The molecule has 1 fully saturated rings. The van der Waals surface area contributed by atoms with Crippen LogP contribution in [0.3, 0.4) is 0 Å². The zero-order valence-corrected chi connectivity index (χ0v) is 11.7. The molecule has 0 aliphatic carbocycles. The van der Waals surface area contributed by atoms with Crippen LogP contribution in [-0.2, 0) is 13.0 Å². The Kier molecular flexibility index (Phi) is 5.38. The van der Waals surface area contributed by atoms with Crippen LogP contribution in [0.5, 0.6) is 0 Å². The van der Waals surface area contributed by atoms with Crippen molar-refractivity contribution < 1.29 is 0 Å². The molecule has 19 heavy (non-hydrogen) atoms. The van der Waals surface area contributed by atoms with E-state index in [9.17, 15) is 0 Å². The molecule has 0 saturated carbocycles. The van der Waals surface area contributed by atoms with Crippen molar-refractivity contribution in [1.29, 1.82) is 5.26 Å². The van der Waals surface area contributed by atoms with Crippen molar-refractivity contribution in [3.63, 3.8) is 0 Å². The normalized spacial score (nSPS) is 20.1. The van der Waals surface area contributed by atoms with Crippen LogP contribution in [-0.4, -0.2) is 30.6 Å². The minimum absolute atomic E-state index is 0.462. The fraction of sp³-hybridized carbons (Fsp3) is 0.562. The minimum atomic E-state index is 0.462. The molecule has 1 heterocycles. The molecular formula is C16H23N3. The van der Waals surface area contributed by atoms with Crippen LogP contribution in [0.25, 0.3) is 0 Å². The maximum atomic E-state index is 8.62. The maximum Gasteiger partial charge on any atom is 0.0843 e. The van der Waals surface area contributed by atoms with Gasteiger partial charge in [-0.3, -0.25) is 4.90 Å². The van der Waals surface area contributed by atoms with Gasteiger partial charge in [-0.15, -0.1) is 0 Å². The highest BCUT2D eigenvalue weighted by atomic mass is 15.2. The molecule has 0 spiro atoms. The molecule has 1 aromatic carbocycles. The van der Waals surface area contributed by atoms with Gasteiger partial charge in [0.05, 0.1) is 12.6 Å². The van der Waals surface area contributed by atoms with E-state index in [1.807, 2.05) is 0 Å². The highest BCUT2D eigenvalue weighted by Gasteiger charge is 2.19. The number of nitrogens with zero attached hydrogens (tertiary/aromatic N) is 2. The van der Waals surface area contributed by atoms with Crippen LogP contribution in [0.1, 0.15) is 30.9 Å². The molecule has 0 bridgehead atoms. The van der Waals surface area contributed by atoms with E-state index >= 15 is 0 Å². The van der Waals surface area contributed by atoms with Crippen LogP contribution >= 0.6 is 0 Å². The zero-order chi connectivity index (χ0) is 13.5. The van der Waals surface area contributed by atoms with E-state index in [1.165, 1.54) is 30.5 Å². The molecule has 0 amide bonds. The molecule has 1 saturated heterocycles. The Hall–Kier alpha value is -1.37. The third-order valence-corrected chi connectivity index (χ3v) is 3.81. The van der Waals surface area contributed by atoms with E-state index in [0.717, 1.165) is 19.5 Å². The van der Waals surface area contributed by atoms with Crippen molar-refractivity contribution in [2.45, 2.75) is 38.8 Å². The summed E-state index contributed by atoms with van der Waals surface area (Å²) >= 11 is 0. The zero-order valence-electron chi connectivity index (χ0n) is 11.7. The van der Waals surface area contributed by atoms with Crippen LogP contribution in [0.2, 0.25) is 0 Å². The highest BCUT2D eigenvalue weighted by molar-refractivity contribution is 5.22. The molecule has 1 atom stereocenters. The first-order valence-corrected chi connectivity index (χ1v) is 7.22. The fourth-order valence-electron chi connectivity index (χ4n) is 2.69. The quantitative estimate of drug-likeness (QED) is 0.823. The molecule has 1 aliphatic rings. The summed E-state index contributed by atoms with van der Waals surface area (Å²) in [5.74, 6) is 0. The number of benzene rings is 1. The molecule has 0 aromatic heterocycles. The van der Waals surface area contributed by atoms with Gasteiger partial charge in [0.1, 0.15) is 0 Å². The first-order chi connectivity index (χ1) is 9.31. The topological polar surface area (TPSA) is 39.1 Å². The predicted molar refractivity (Wildman–Crippen MR) is 77.7 cm³/mol. The Balaban J connectivity index is 1.85. The summed E-state index contributed by atoms with van der Waals surface area (Å²) in [7, 11) is 0. The summed E-state index contributed by atoms with van der Waals surface area (Å²) in [5.41, 5.74) is 2.79. The minimum Gasteiger partial charge on any atom is -0.300 e. The molecular weight excluding hydrogens is 234 g/mol. The van der Waals surface area contributed by atoms with Gasteiger partial charge in [0.25, 0.3) is 0 Å². The summed E-state index contributed by atoms with van der Waals surface area (Å²) in [5, 5.41) is 11.9. The Morgan fingerprint density at radius 2 is 2.05 bits per heavy atom. The third-order valence-electron chi connectivity index (χ3n) is 3.81. The fourth-order valence-corrected chi connectivity index (χ4v) is 2.69. The lowest BCUT2D eigenvalue weighted by Crippen LogP contribution is -2.45. The van der Waals surface area contributed by atoms with Gasteiger partial charge in [-0.2, -0.15) is 5.26 Å². The second kappa shape index (κ2) is 7.28. The second-order valence-corrected chi connectivity index (χ2v) is 5.28. The van der Waals surface area contributed by atoms with Gasteiger partial charge in [-0.1, -0.05) is 31.2 Å². The number of rotatable bonds is 5. The number of nitriles is 1. The largest absolute Gasteiger partial charge is 0.300 e. The molecule has 0 radical (unpaired) electrons. The van der Waals surface area contributed by atoms with Gasteiger partial charge in [0, 0.05) is 19.1 Å². The van der Waals surface area contributed by atoms with Gasteiger partial charge in [-0.05, 0) is 36.9 Å². The smallest absolute Gasteiger partial charge is 0.0843 e. The Morgan fingerprint density at radius 1 is 1.32 bits per heavy atom. The number of aryl methyl sites for hydroxylation is 1. The van der Waals surface area contributed by atoms with Crippen molar-refractivity contribution in [2.75, 3.05) is 19.6 Å². The van der Waals surface area contributed by atoms with Crippen molar-refractivity contribution >= 4 is 0 Å². The van der Waals surface area contributed by atoms with Crippen LogP contribution in [0.15, 0.2) is 24.3 Å². The number of piperidine rings is 1. The second-order valence-electron chi connectivity index (χ2n) is 5.28. The monoisotopic (exact) mass is 257 g/mol. The number of hydrogen-bond donors (Lipinski definition) is 1. The van der Waals surface area contributed by atoms with E-state index in [1.54, 1.807) is 0 Å². The van der Waals surface area contributed by atoms with Crippen molar-refractivity contribution in [2.24, 2.45) is 0 Å². The van der Waals surface area contributed by atoms with Crippen molar-refractivity contribution in [1.82, 2.24) is 10.2 Å². The molecule has 102 valence electrons. The van der Waals surface area contributed by atoms with E-state index in [-0.39, 0.29) is 0 Å². The van der Waals surface area contributed by atoms with E-state index in [2.05, 4.69) is 47.5 Å². The predicted octanol–water partition coefficient (Wildman–Crippen LogP) is 2.33. The SMILES string of the molecule is CCc1ccc(CN2CCCC(NCC#N)C2)cc1. The number of nitrogens with one attached hydrogen (secondary N) is 1. The summed E-state index contributed by atoms with van der Waals surface area (Å²) in [6.07, 6.45) is 3.51. The van der Waals surface area contributed by atoms with Crippen LogP contribution < -0.4 is 5.32 Å². The van der Waals surface area contributed by atoms with E-state index < -0.39 is 0 Å². The molecule has 3 heteroatoms. The summed E-state index contributed by atoms with van der Waals surface area (Å²) in [4.78, 5) is 2.49. The van der Waals surface area contributed by atoms with E-state index in [4.69, 9.17) is 5.26 Å². The van der Waals surface area contributed by atoms with Crippen LogP contribution in [0, 0.1) is 11.3 Å². The van der Waals surface area contributed by atoms with Gasteiger partial charge >= 0.3 is 0 Å². The highest BCUT2D eigenvalue weighted by Crippen LogP contribution is 2.14. The maximum absolute atomic E-state index is 8.62. The Bertz CT molecular complexity index is 419. The average Bonchev–Trinajstić information content (AvgIpc) is 2.46. The van der Waals surface area contributed by atoms with Crippen LogP contribution in [0.4, 0.5) is 0 Å². The number of likely N-dealkylation sites (tertiary alicyclic amines) is 1. The van der Waals surface area contributed by atoms with Gasteiger partial charge in [0.2, 0.25) is 0 Å². The average molecular weight is 257 g/mol. The molecule has 3 nitrogen and oxygen atoms in total. The molecule has 2 rings (SSSR count). The van der Waals surface area contributed by atoms with E-state index in [0.29, 0.717) is 12.6 Å². The van der Waals surface area contributed by atoms with Crippen molar-refractivity contribution in [3.05, 3.63) is 35.4 Å². The lowest BCUT2D eigenvalue weighted by molar-refractivity contribution is 0.186. The van der Waals surface area contributed by atoms with Gasteiger partial charge in [-0.25, -0.2) is 0 Å². The molecule has 1 N–H and O–H groups in total. The molecule has 1 aliphatic heterocycles. The summed E-state index contributed by atoms with van der Waals surface area (Å²) in [6, 6.07) is 11.6. The first kappa shape index (κ1) is 14.0. The Morgan fingerprint density at radius 3 is 2.74 bits per heavy atom. The van der Waals surface area contributed by atoms with Gasteiger partial charge < -0.3 is 5.32 Å². The summed E-state index contributed by atoms with van der Waals surface area (Å²) in [6.45, 7) is 5.89. The first-order valence-electron chi connectivity index (χ1n) is 7.22. The third kappa shape index (κ3) is 4.34. The molecule has 1 aromatic rings. The number of hydrogen-bond acceptors (Lipinski definition) is 3. The lowest BCUT2D eigenvalue weighted by Gasteiger charge is -2.32. The standard InChI is InChI=1S/C16H23N3/c1-2-14-5-7-15(8-6-14)12-19-11-3-4-16(13-19)18-10-9-17/h5-8,16,18H,2-4,10-13H2,1H3. The molecule has 1 unspecified atom stereocenters. The lowest BCUT2D eigenvalue weighted by atomic mass is 10.0. The van der Waals surface area contributed by atoms with Gasteiger partial charge in [0.15, 0.2) is 0 Å².